The van der Waals surface area contributed by atoms with Crippen LogP contribution < -0.4 is 0 Å². The predicted octanol–water partition coefficient (Wildman–Crippen LogP) is 1.10. The number of hydrogen-bond donors (Lipinski definition) is 2. The minimum absolute atomic E-state index is 0.157. The van der Waals surface area contributed by atoms with E-state index in [0.717, 1.165) is 0 Å². The van der Waals surface area contributed by atoms with Crippen LogP contribution in [0.15, 0.2) is 18.5 Å². The van der Waals surface area contributed by atoms with Crippen molar-refractivity contribution in [1.82, 2.24) is 9.97 Å². The summed E-state index contributed by atoms with van der Waals surface area (Å²) in [4.78, 5) is 27.3. The Balaban J connectivity index is 2.63. The molecule has 0 saturated heterocycles. The van der Waals surface area contributed by atoms with Crippen molar-refractivity contribution in [3.8, 4) is 0 Å². The lowest BCUT2D eigenvalue weighted by Crippen LogP contribution is -2.01. The number of aromatic amines is 1. The lowest BCUT2D eigenvalue weighted by Gasteiger charge is -1.99. The molecule has 2 aromatic rings. The molecule has 1 aromatic carbocycles. The van der Waals surface area contributed by atoms with Gasteiger partial charge in [0.1, 0.15) is 0 Å². The normalized spacial score (nSPS) is 10.5. The first kappa shape index (κ1) is 10.1. The summed E-state index contributed by atoms with van der Waals surface area (Å²) in [6.07, 6.45) is 1.10. The van der Waals surface area contributed by atoms with E-state index in [2.05, 4.69) is 9.97 Å². The second kappa shape index (κ2) is 3.61. The summed E-state index contributed by atoms with van der Waals surface area (Å²) in [6, 6.07) is 2.55. The van der Waals surface area contributed by atoms with Crippen molar-refractivity contribution in [2.24, 2.45) is 0 Å². The Hall–Kier alpha value is -2.44. The molecule has 0 aliphatic heterocycles. The number of fused-ring (bicyclic) bond motifs is 1. The van der Waals surface area contributed by atoms with Gasteiger partial charge >= 0.3 is 5.97 Å². The van der Waals surface area contributed by atoms with Crippen LogP contribution in [-0.4, -0.2) is 26.0 Å². The van der Waals surface area contributed by atoms with Gasteiger partial charge in [0.2, 0.25) is 0 Å². The highest BCUT2D eigenvalue weighted by Gasteiger charge is 2.14. The van der Waals surface area contributed by atoms with E-state index < -0.39 is 10.9 Å². The number of aromatic nitrogens is 2. The maximum Gasteiger partial charge on any atom is 0.307 e. The summed E-state index contributed by atoms with van der Waals surface area (Å²) in [6.45, 7) is 0. The van der Waals surface area contributed by atoms with E-state index >= 15 is 0 Å². The first-order valence-electron chi connectivity index (χ1n) is 4.40. The third-order valence-corrected chi connectivity index (χ3v) is 2.15. The minimum Gasteiger partial charge on any atom is -0.481 e. The Morgan fingerprint density at radius 2 is 2.31 bits per heavy atom. The average Bonchev–Trinajstić information content (AvgIpc) is 2.64. The quantitative estimate of drug-likeness (QED) is 0.595. The average molecular weight is 221 g/mol. The number of carboxylic acids is 1. The molecule has 0 aliphatic carbocycles. The molecule has 0 bridgehead atoms. The summed E-state index contributed by atoms with van der Waals surface area (Å²) in [5.41, 5.74) is 1.11. The number of nitro benzene ring substituents is 1. The summed E-state index contributed by atoms with van der Waals surface area (Å²) in [5, 5.41) is 19.3. The van der Waals surface area contributed by atoms with Gasteiger partial charge < -0.3 is 10.1 Å². The number of nitro groups is 1. The summed E-state index contributed by atoms with van der Waals surface area (Å²) in [7, 11) is 0. The molecule has 16 heavy (non-hydrogen) atoms. The van der Waals surface area contributed by atoms with Crippen molar-refractivity contribution in [2.75, 3.05) is 0 Å². The molecular weight excluding hydrogens is 214 g/mol. The number of imidazole rings is 1. The molecule has 0 spiro atoms. The zero-order chi connectivity index (χ0) is 11.7. The number of nitrogens with one attached hydrogen (secondary N) is 1. The zero-order valence-corrected chi connectivity index (χ0v) is 8.01. The second-order valence-corrected chi connectivity index (χ2v) is 3.23. The smallest absolute Gasteiger partial charge is 0.307 e. The zero-order valence-electron chi connectivity index (χ0n) is 8.01. The van der Waals surface area contributed by atoms with Gasteiger partial charge in [-0.25, -0.2) is 4.98 Å². The van der Waals surface area contributed by atoms with Crippen LogP contribution in [0.1, 0.15) is 5.56 Å². The molecule has 1 aromatic heterocycles. The third kappa shape index (κ3) is 1.70. The van der Waals surface area contributed by atoms with Gasteiger partial charge in [-0.2, -0.15) is 0 Å². The monoisotopic (exact) mass is 221 g/mol. The maximum atomic E-state index is 10.6. The van der Waals surface area contributed by atoms with E-state index in [1.165, 1.54) is 18.5 Å². The van der Waals surface area contributed by atoms with Crippen LogP contribution in [0.5, 0.6) is 0 Å². The van der Waals surface area contributed by atoms with Gasteiger partial charge in [-0.05, 0) is 5.56 Å². The number of hydrogen-bond acceptors (Lipinski definition) is 4. The van der Waals surface area contributed by atoms with E-state index in [4.69, 9.17) is 5.11 Å². The van der Waals surface area contributed by atoms with Crippen molar-refractivity contribution >= 4 is 22.7 Å². The van der Waals surface area contributed by atoms with Crippen molar-refractivity contribution in [2.45, 2.75) is 6.42 Å². The molecule has 0 amide bonds. The van der Waals surface area contributed by atoms with Crippen LogP contribution in [-0.2, 0) is 11.2 Å². The number of H-pyrrole nitrogens is 1. The van der Waals surface area contributed by atoms with Crippen LogP contribution in [0.4, 0.5) is 5.69 Å². The predicted molar refractivity (Wildman–Crippen MR) is 54.1 cm³/mol. The van der Waals surface area contributed by atoms with E-state index in [1.807, 2.05) is 0 Å². The molecule has 2 N–H and O–H groups in total. The largest absolute Gasteiger partial charge is 0.481 e. The van der Waals surface area contributed by atoms with Crippen LogP contribution in [0.3, 0.4) is 0 Å². The third-order valence-electron chi connectivity index (χ3n) is 2.15. The molecule has 0 radical (unpaired) electrons. The molecule has 0 unspecified atom stereocenters. The molecular formula is C9H7N3O4. The van der Waals surface area contributed by atoms with Gasteiger partial charge in [-0.15, -0.1) is 0 Å². The first-order chi connectivity index (χ1) is 7.58. The van der Waals surface area contributed by atoms with Gasteiger partial charge in [-0.3, -0.25) is 14.9 Å². The first-order valence-corrected chi connectivity index (χ1v) is 4.40. The van der Waals surface area contributed by atoms with Crippen molar-refractivity contribution in [3.63, 3.8) is 0 Å². The topological polar surface area (TPSA) is 109 Å². The van der Waals surface area contributed by atoms with Crippen molar-refractivity contribution in [1.29, 1.82) is 0 Å². The number of aliphatic carboxylic acids is 1. The lowest BCUT2D eigenvalue weighted by molar-refractivity contribution is -0.384. The highest BCUT2D eigenvalue weighted by molar-refractivity contribution is 5.85. The highest BCUT2D eigenvalue weighted by atomic mass is 16.6. The Labute approximate surface area is 88.9 Å². The van der Waals surface area contributed by atoms with Crippen LogP contribution >= 0.6 is 0 Å². The summed E-state index contributed by atoms with van der Waals surface area (Å²) < 4.78 is 0. The minimum atomic E-state index is -1.05. The van der Waals surface area contributed by atoms with Crippen LogP contribution in [0.2, 0.25) is 0 Å². The molecule has 2 rings (SSSR count). The van der Waals surface area contributed by atoms with E-state index in [0.29, 0.717) is 16.6 Å². The van der Waals surface area contributed by atoms with Gasteiger partial charge in [-0.1, -0.05) is 0 Å². The van der Waals surface area contributed by atoms with Crippen molar-refractivity contribution in [3.05, 3.63) is 34.1 Å². The van der Waals surface area contributed by atoms with Gasteiger partial charge in [0, 0.05) is 12.1 Å². The molecule has 7 heteroatoms. The number of carboxylic acid groups (broad SMARTS) is 1. The fourth-order valence-corrected chi connectivity index (χ4v) is 1.51. The molecule has 7 nitrogen and oxygen atoms in total. The molecule has 0 fully saturated rings. The second-order valence-electron chi connectivity index (χ2n) is 3.23. The molecule has 82 valence electrons. The number of non-ortho nitro benzene ring substituents is 1. The van der Waals surface area contributed by atoms with Gasteiger partial charge in [0.25, 0.3) is 5.69 Å². The lowest BCUT2D eigenvalue weighted by atomic mass is 10.1. The van der Waals surface area contributed by atoms with Crippen molar-refractivity contribution < 1.29 is 14.8 Å². The SMILES string of the molecule is O=C(O)Cc1cc([N+](=O)[O-])cc2nc[nH]c12. The molecule has 1 heterocycles. The summed E-state index contributed by atoms with van der Waals surface area (Å²) >= 11 is 0. The Bertz CT molecular complexity index is 575. The van der Waals surface area contributed by atoms with E-state index in [1.54, 1.807) is 0 Å². The standard InChI is InChI=1S/C9H7N3O4/c13-8(14)2-5-1-6(12(15)16)3-7-9(5)11-4-10-7/h1,3-4H,2H2,(H,10,11)(H,13,14). The van der Waals surface area contributed by atoms with Crippen LogP contribution in [0, 0.1) is 10.1 Å². The van der Waals surface area contributed by atoms with E-state index in [9.17, 15) is 14.9 Å². The highest BCUT2D eigenvalue weighted by Crippen LogP contribution is 2.23. The Kier molecular flexibility index (Phi) is 2.28. The number of benzene rings is 1. The molecule has 0 aliphatic rings. The van der Waals surface area contributed by atoms with Crippen LogP contribution in [0.25, 0.3) is 11.0 Å². The summed E-state index contributed by atoms with van der Waals surface area (Å²) in [5.74, 6) is -1.05. The van der Waals surface area contributed by atoms with E-state index in [-0.39, 0.29) is 12.1 Å². The fourth-order valence-electron chi connectivity index (χ4n) is 1.51. The van der Waals surface area contributed by atoms with Gasteiger partial charge in [0.15, 0.2) is 0 Å². The fraction of sp³-hybridized carbons (Fsp3) is 0.111. The Morgan fingerprint density at radius 1 is 1.56 bits per heavy atom. The number of rotatable bonds is 3. The number of carbonyl (C=O) groups is 1. The molecule has 0 saturated carbocycles. The molecule has 0 atom stereocenters. The Morgan fingerprint density at radius 3 is 2.94 bits per heavy atom. The maximum absolute atomic E-state index is 10.6. The number of nitrogens with zero attached hydrogens (tertiary/aromatic N) is 2. The van der Waals surface area contributed by atoms with Gasteiger partial charge in [0.05, 0.1) is 28.7 Å².